The Morgan fingerprint density at radius 2 is 1.76 bits per heavy atom. The number of rotatable bonds is 4. The van der Waals surface area contributed by atoms with Crippen LogP contribution in [0.2, 0.25) is 0 Å². The first-order chi connectivity index (χ1) is 9.93. The highest BCUT2D eigenvalue weighted by atomic mass is 32.1. The van der Waals surface area contributed by atoms with Crippen molar-refractivity contribution in [1.82, 2.24) is 0 Å². The molecule has 8 heteroatoms. The third-order valence-corrected chi connectivity index (χ3v) is 3.48. The topological polar surface area (TPSA) is 125 Å². The quantitative estimate of drug-likeness (QED) is 0.425. The maximum absolute atomic E-state index is 9.84. The van der Waals surface area contributed by atoms with E-state index >= 15 is 0 Å². The zero-order valence-electron chi connectivity index (χ0n) is 11.0. The van der Waals surface area contributed by atoms with Crippen molar-refractivity contribution in [3.63, 3.8) is 0 Å². The monoisotopic (exact) mass is 315 g/mol. The predicted octanol–water partition coefficient (Wildman–Crippen LogP) is -1.50. The smallest absolute Gasteiger partial charge is 0.229 e. The van der Waals surface area contributed by atoms with Crippen molar-refractivity contribution in [2.75, 3.05) is 6.61 Å². The molecule has 1 heterocycles. The molecule has 21 heavy (non-hydrogen) atoms. The maximum atomic E-state index is 9.84. The molecule has 0 spiro atoms. The molecule has 0 radical (unpaired) electrons. The predicted molar refractivity (Wildman–Crippen MR) is 76.7 cm³/mol. The molecular weight excluding hydrogens is 298 g/mol. The van der Waals surface area contributed by atoms with Gasteiger partial charge in [0.1, 0.15) is 35.2 Å². The van der Waals surface area contributed by atoms with Gasteiger partial charge >= 0.3 is 0 Å². The number of hydrogen-bond acceptors (Lipinski definition) is 7. The van der Waals surface area contributed by atoms with Crippen LogP contribution in [-0.4, -0.2) is 62.7 Å². The fraction of sp³-hybridized carbons (Fsp3) is 0.462. The highest BCUT2D eigenvalue weighted by Crippen LogP contribution is 2.24. The second-order valence-corrected chi connectivity index (χ2v) is 5.14. The van der Waals surface area contributed by atoms with Gasteiger partial charge in [-0.1, -0.05) is 12.2 Å². The molecule has 0 amide bonds. The summed E-state index contributed by atoms with van der Waals surface area (Å²) in [6.07, 6.45) is -6.56. The van der Waals surface area contributed by atoms with Crippen LogP contribution in [0.25, 0.3) is 0 Å². The van der Waals surface area contributed by atoms with Crippen molar-refractivity contribution in [3.05, 3.63) is 29.8 Å². The Kier molecular flexibility index (Phi) is 5.09. The van der Waals surface area contributed by atoms with Gasteiger partial charge in [-0.15, -0.1) is 0 Å². The van der Waals surface area contributed by atoms with Crippen molar-refractivity contribution in [2.45, 2.75) is 30.7 Å². The normalized spacial score (nSPS) is 32.7. The van der Waals surface area contributed by atoms with Crippen LogP contribution in [0.15, 0.2) is 24.3 Å². The molecule has 1 aromatic rings. The van der Waals surface area contributed by atoms with E-state index in [-0.39, 0.29) is 4.99 Å². The van der Waals surface area contributed by atoms with E-state index in [2.05, 4.69) is 0 Å². The molecule has 1 fully saturated rings. The highest BCUT2D eigenvalue weighted by Gasteiger charge is 2.44. The molecule has 116 valence electrons. The van der Waals surface area contributed by atoms with Gasteiger partial charge in [0.2, 0.25) is 6.29 Å². The lowest BCUT2D eigenvalue weighted by Crippen LogP contribution is -2.60. The van der Waals surface area contributed by atoms with Crippen molar-refractivity contribution in [2.24, 2.45) is 5.73 Å². The van der Waals surface area contributed by atoms with E-state index in [4.69, 9.17) is 32.5 Å². The highest BCUT2D eigenvalue weighted by molar-refractivity contribution is 7.80. The Hall–Kier alpha value is -1.29. The number of nitrogens with two attached hydrogens (primary N) is 1. The Morgan fingerprint density at radius 1 is 1.14 bits per heavy atom. The fourth-order valence-corrected chi connectivity index (χ4v) is 2.13. The van der Waals surface area contributed by atoms with E-state index in [9.17, 15) is 15.3 Å². The van der Waals surface area contributed by atoms with Crippen molar-refractivity contribution in [1.29, 1.82) is 0 Å². The standard InChI is InChI=1S/C13H17NO6S/c14-12(21)6-1-3-7(4-2-6)19-13-11(18)10(17)9(16)8(5-15)20-13/h1-4,8-11,13,15-18H,5H2,(H2,14,21)/t8-,9-,10+,11-,13+/m1/s1. The second-order valence-electron chi connectivity index (χ2n) is 4.70. The molecule has 7 nitrogen and oxygen atoms in total. The van der Waals surface area contributed by atoms with Gasteiger partial charge in [0.05, 0.1) is 6.61 Å². The molecule has 0 unspecified atom stereocenters. The van der Waals surface area contributed by atoms with Crippen LogP contribution >= 0.6 is 12.2 Å². The van der Waals surface area contributed by atoms with E-state index in [0.717, 1.165) is 0 Å². The third-order valence-electron chi connectivity index (χ3n) is 3.24. The summed E-state index contributed by atoms with van der Waals surface area (Å²) >= 11 is 4.83. The summed E-state index contributed by atoms with van der Waals surface area (Å²) in [5.41, 5.74) is 6.14. The molecule has 0 bridgehead atoms. The SMILES string of the molecule is NC(=S)c1ccc(O[C@H]2O[C@H](CO)[C@@H](O)[C@H](O)[C@H]2O)cc1. The number of aliphatic hydroxyl groups is 4. The Labute approximate surface area is 126 Å². The number of ether oxygens (including phenoxy) is 2. The van der Waals surface area contributed by atoms with Gasteiger partial charge in [-0.2, -0.15) is 0 Å². The summed E-state index contributed by atoms with van der Waals surface area (Å²) in [6, 6.07) is 6.44. The molecule has 1 saturated heterocycles. The van der Waals surface area contributed by atoms with Gasteiger partial charge in [0.25, 0.3) is 0 Å². The van der Waals surface area contributed by atoms with Crippen LogP contribution in [0, 0.1) is 0 Å². The number of hydrogen-bond donors (Lipinski definition) is 5. The third kappa shape index (κ3) is 3.49. The summed E-state index contributed by atoms with van der Waals surface area (Å²) in [5, 5.41) is 38.2. The minimum atomic E-state index is -1.48. The summed E-state index contributed by atoms with van der Waals surface area (Å²) in [6.45, 7) is -0.509. The maximum Gasteiger partial charge on any atom is 0.229 e. The minimum Gasteiger partial charge on any atom is -0.462 e. The van der Waals surface area contributed by atoms with E-state index in [0.29, 0.717) is 11.3 Å². The zero-order chi connectivity index (χ0) is 15.6. The van der Waals surface area contributed by atoms with Gasteiger partial charge < -0.3 is 35.6 Å². The van der Waals surface area contributed by atoms with E-state index in [1.54, 1.807) is 24.3 Å². The lowest BCUT2D eigenvalue weighted by molar-refractivity contribution is -0.277. The van der Waals surface area contributed by atoms with E-state index in [1.165, 1.54) is 0 Å². The Balaban J connectivity index is 2.08. The van der Waals surface area contributed by atoms with Gasteiger partial charge in [-0.25, -0.2) is 0 Å². The Morgan fingerprint density at radius 3 is 2.29 bits per heavy atom. The molecule has 1 aliphatic heterocycles. The van der Waals surface area contributed by atoms with E-state index < -0.39 is 37.3 Å². The molecule has 5 atom stereocenters. The molecule has 0 aliphatic carbocycles. The van der Waals surface area contributed by atoms with Crippen molar-refractivity contribution >= 4 is 17.2 Å². The number of thiocarbonyl (C=S) groups is 1. The van der Waals surface area contributed by atoms with Crippen LogP contribution in [-0.2, 0) is 4.74 Å². The first-order valence-corrected chi connectivity index (χ1v) is 6.72. The fourth-order valence-electron chi connectivity index (χ4n) is 2.00. The summed E-state index contributed by atoms with van der Waals surface area (Å²) in [4.78, 5) is 0.245. The largest absolute Gasteiger partial charge is 0.462 e. The first kappa shape index (κ1) is 16.1. The minimum absolute atomic E-state index is 0.245. The molecule has 1 aromatic carbocycles. The first-order valence-electron chi connectivity index (χ1n) is 6.31. The molecule has 0 aromatic heterocycles. The van der Waals surface area contributed by atoms with Crippen LogP contribution in [0.3, 0.4) is 0 Å². The molecule has 6 N–H and O–H groups in total. The van der Waals surface area contributed by atoms with Gasteiger partial charge in [-0.05, 0) is 24.3 Å². The number of aliphatic hydroxyl groups excluding tert-OH is 4. The van der Waals surface area contributed by atoms with Gasteiger partial charge in [0, 0.05) is 5.56 Å². The summed E-state index contributed by atoms with van der Waals surface area (Å²) in [5.74, 6) is 0.360. The lowest BCUT2D eigenvalue weighted by atomic mass is 9.99. The molecule has 2 rings (SSSR count). The lowest BCUT2D eigenvalue weighted by Gasteiger charge is -2.39. The van der Waals surface area contributed by atoms with Gasteiger partial charge in [0.15, 0.2) is 0 Å². The van der Waals surface area contributed by atoms with Crippen LogP contribution in [0.5, 0.6) is 5.75 Å². The van der Waals surface area contributed by atoms with Crippen LogP contribution in [0.4, 0.5) is 0 Å². The Bertz CT molecular complexity index is 494. The molecule has 0 saturated carbocycles. The summed E-state index contributed by atoms with van der Waals surface area (Å²) in [7, 11) is 0. The van der Waals surface area contributed by atoms with Gasteiger partial charge in [-0.3, -0.25) is 0 Å². The van der Waals surface area contributed by atoms with Crippen LogP contribution in [0.1, 0.15) is 5.56 Å². The average molecular weight is 315 g/mol. The molecular formula is C13H17NO6S. The summed E-state index contributed by atoms with van der Waals surface area (Å²) < 4.78 is 10.6. The number of benzene rings is 1. The molecule has 1 aliphatic rings. The van der Waals surface area contributed by atoms with Crippen molar-refractivity contribution in [3.8, 4) is 5.75 Å². The van der Waals surface area contributed by atoms with Crippen molar-refractivity contribution < 1.29 is 29.9 Å². The van der Waals surface area contributed by atoms with Crippen LogP contribution < -0.4 is 10.5 Å². The zero-order valence-corrected chi connectivity index (χ0v) is 11.8. The van der Waals surface area contributed by atoms with E-state index in [1.807, 2.05) is 0 Å². The second kappa shape index (κ2) is 6.65. The average Bonchev–Trinajstić information content (AvgIpc) is 2.48.